The Balaban J connectivity index is 2.32. The topological polar surface area (TPSA) is 46.3 Å². The predicted molar refractivity (Wildman–Crippen MR) is 71.7 cm³/mol. The summed E-state index contributed by atoms with van der Waals surface area (Å²) in [5, 5.41) is 0. The summed E-state index contributed by atoms with van der Waals surface area (Å²) in [5.41, 5.74) is 5.69. The van der Waals surface area contributed by atoms with E-state index in [1.54, 1.807) is 0 Å². The van der Waals surface area contributed by atoms with Crippen molar-refractivity contribution in [2.24, 2.45) is 11.7 Å². The van der Waals surface area contributed by atoms with Gasteiger partial charge in [0.2, 0.25) is 5.91 Å². The molecule has 2 unspecified atom stereocenters. The largest absolute Gasteiger partial charge is 0.343 e. The van der Waals surface area contributed by atoms with Crippen LogP contribution in [0.5, 0.6) is 0 Å². The number of hydrogen-bond donors (Lipinski definition) is 1. The summed E-state index contributed by atoms with van der Waals surface area (Å²) in [4.78, 5) is 14.0. The van der Waals surface area contributed by atoms with E-state index in [-0.39, 0.29) is 6.04 Å². The maximum Gasteiger partial charge on any atom is 0.222 e. The molecule has 1 aliphatic heterocycles. The molecule has 1 heterocycles. The molecule has 0 aromatic rings. The van der Waals surface area contributed by atoms with Crippen molar-refractivity contribution >= 4 is 5.91 Å². The van der Waals surface area contributed by atoms with Gasteiger partial charge in [-0.25, -0.2) is 0 Å². The first-order valence-electron chi connectivity index (χ1n) is 7.16. The minimum Gasteiger partial charge on any atom is -0.343 e. The highest BCUT2D eigenvalue weighted by Gasteiger charge is 2.19. The lowest BCUT2D eigenvalue weighted by Gasteiger charge is -2.21. The average molecular weight is 240 g/mol. The number of amides is 1. The Morgan fingerprint density at radius 1 is 1.41 bits per heavy atom. The second-order valence-electron chi connectivity index (χ2n) is 5.48. The Bertz CT molecular complexity index is 228. The van der Waals surface area contributed by atoms with E-state index in [4.69, 9.17) is 5.73 Å². The molecule has 1 rings (SSSR count). The molecule has 0 aromatic carbocycles. The van der Waals surface area contributed by atoms with E-state index < -0.39 is 0 Å². The summed E-state index contributed by atoms with van der Waals surface area (Å²) in [6.07, 6.45) is 7.69. The molecule has 17 heavy (non-hydrogen) atoms. The van der Waals surface area contributed by atoms with E-state index in [1.165, 1.54) is 32.1 Å². The first-order valence-corrected chi connectivity index (χ1v) is 7.16. The second-order valence-corrected chi connectivity index (χ2v) is 5.48. The molecule has 1 fully saturated rings. The van der Waals surface area contributed by atoms with E-state index >= 15 is 0 Å². The quantitative estimate of drug-likeness (QED) is 0.802. The van der Waals surface area contributed by atoms with Gasteiger partial charge in [0.25, 0.3) is 0 Å². The van der Waals surface area contributed by atoms with Gasteiger partial charge in [-0.2, -0.15) is 0 Å². The van der Waals surface area contributed by atoms with Gasteiger partial charge in [0.1, 0.15) is 0 Å². The highest BCUT2D eigenvalue weighted by Crippen LogP contribution is 2.22. The Morgan fingerprint density at radius 2 is 2.18 bits per heavy atom. The molecular formula is C14H28N2O. The van der Waals surface area contributed by atoms with Crippen molar-refractivity contribution < 1.29 is 4.79 Å². The van der Waals surface area contributed by atoms with Gasteiger partial charge in [0.15, 0.2) is 0 Å². The highest BCUT2D eigenvalue weighted by atomic mass is 16.2. The van der Waals surface area contributed by atoms with Gasteiger partial charge in [0, 0.05) is 25.6 Å². The predicted octanol–water partition coefficient (Wildman–Crippen LogP) is 2.54. The van der Waals surface area contributed by atoms with E-state index in [1.807, 2.05) is 6.92 Å². The number of likely N-dealkylation sites (tertiary alicyclic amines) is 1. The highest BCUT2D eigenvalue weighted by molar-refractivity contribution is 5.76. The lowest BCUT2D eigenvalue weighted by atomic mass is 9.96. The molecule has 0 radical (unpaired) electrons. The summed E-state index contributed by atoms with van der Waals surface area (Å²) in [5.74, 6) is 1.14. The first kappa shape index (κ1) is 14.5. The van der Waals surface area contributed by atoms with Crippen molar-refractivity contribution in [1.29, 1.82) is 0 Å². The molecule has 3 heteroatoms. The summed E-state index contributed by atoms with van der Waals surface area (Å²) >= 11 is 0. The van der Waals surface area contributed by atoms with Crippen LogP contribution in [-0.4, -0.2) is 29.9 Å². The van der Waals surface area contributed by atoms with E-state index in [0.29, 0.717) is 12.3 Å². The molecule has 100 valence electrons. The van der Waals surface area contributed by atoms with Crippen molar-refractivity contribution in [1.82, 2.24) is 4.90 Å². The van der Waals surface area contributed by atoms with Crippen LogP contribution < -0.4 is 5.73 Å². The van der Waals surface area contributed by atoms with Gasteiger partial charge in [-0.05, 0) is 38.5 Å². The zero-order chi connectivity index (χ0) is 12.7. The van der Waals surface area contributed by atoms with Gasteiger partial charge >= 0.3 is 0 Å². The average Bonchev–Trinajstić information content (AvgIpc) is 2.52. The molecular weight excluding hydrogens is 212 g/mol. The van der Waals surface area contributed by atoms with Crippen LogP contribution in [0.2, 0.25) is 0 Å². The summed E-state index contributed by atoms with van der Waals surface area (Å²) < 4.78 is 0. The lowest BCUT2D eigenvalue weighted by molar-refractivity contribution is -0.131. The molecule has 2 atom stereocenters. The molecule has 3 nitrogen and oxygen atoms in total. The molecule has 2 N–H and O–H groups in total. The minimum atomic E-state index is 0.138. The van der Waals surface area contributed by atoms with Crippen LogP contribution in [0.1, 0.15) is 58.8 Å². The smallest absolute Gasteiger partial charge is 0.222 e. The third-order valence-electron chi connectivity index (χ3n) is 3.71. The summed E-state index contributed by atoms with van der Waals surface area (Å²) in [6, 6.07) is 0.138. The Labute approximate surface area is 106 Å². The summed E-state index contributed by atoms with van der Waals surface area (Å²) in [7, 11) is 0. The van der Waals surface area contributed by atoms with Crippen LogP contribution in [0.15, 0.2) is 0 Å². The SMILES string of the molecule is CCCC1CCCN(C(=O)CCC(C)N)CC1. The van der Waals surface area contributed by atoms with Crippen LogP contribution in [0.3, 0.4) is 0 Å². The first-order chi connectivity index (χ1) is 8.13. The zero-order valence-corrected chi connectivity index (χ0v) is 11.5. The Morgan fingerprint density at radius 3 is 2.82 bits per heavy atom. The van der Waals surface area contributed by atoms with Crippen LogP contribution in [0.25, 0.3) is 0 Å². The van der Waals surface area contributed by atoms with E-state index in [0.717, 1.165) is 25.4 Å². The van der Waals surface area contributed by atoms with Gasteiger partial charge in [-0.1, -0.05) is 19.8 Å². The third-order valence-corrected chi connectivity index (χ3v) is 3.71. The van der Waals surface area contributed by atoms with Crippen LogP contribution in [-0.2, 0) is 4.79 Å². The van der Waals surface area contributed by atoms with Gasteiger partial charge in [0.05, 0.1) is 0 Å². The maximum absolute atomic E-state index is 12.0. The van der Waals surface area contributed by atoms with Crippen molar-refractivity contribution in [2.75, 3.05) is 13.1 Å². The molecule has 0 aromatic heterocycles. The third kappa shape index (κ3) is 5.53. The Kier molecular flexibility index (Phi) is 6.56. The molecule has 0 spiro atoms. The second kappa shape index (κ2) is 7.70. The number of nitrogens with two attached hydrogens (primary N) is 1. The summed E-state index contributed by atoms with van der Waals surface area (Å²) in [6.45, 7) is 6.13. The number of nitrogens with zero attached hydrogens (tertiary/aromatic N) is 1. The molecule has 0 aliphatic carbocycles. The molecule has 1 aliphatic rings. The fraction of sp³-hybridized carbons (Fsp3) is 0.929. The fourth-order valence-electron chi connectivity index (χ4n) is 2.62. The standard InChI is InChI=1S/C14H28N2O/c1-3-5-13-6-4-10-16(11-9-13)14(17)8-7-12(2)15/h12-13H,3-11,15H2,1-2H3. The molecule has 0 saturated carbocycles. The molecule has 1 amide bonds. The number of carbonyl (C=O) groups excluding carboxylic acids is 1. The van der Waals surface area contributed by atoms with Crippen molar-refractivity contribution in [3.63, 3.8) is 0 Å². The maximum atomic E-state index is 12.0. The van der Waals surface area contributed by atoms with Crippen LogP contribution >= 0.6 is 0 Å². The van der Waals surface area contributed by atoms with Gasteiger partial charge < -0.3 is 10.6 Å². The van der Waals surface area contributed by atoms with E-state index in [2.05, 4.69) is 11.8 Å². The zero-order valence-electron chi connectivity index (χ0n) is 11.5. The lowest BCUT2D eigenvalue weighted by Crippen LogP contribution is -2.33. The fourth-order valence-corrected chi connectivity index (χ4v) is 2.62. The molecule has 1 saturated heterocycles. The van der Waals surface area contributed by atoms with Crippen molar-refractivity contribution in [3.8, 4) is 0 Å². The monoisotopic (exact) mass is 240 g/mol. The van der Waals surface area contributed by atoms with Crippen molar-refractivity contribution in [3.05, 3.63) is 0 Å². The van der Waals surface area contributed by atoms with Crippen LogP contribution in [0.4, 0.5) is 0 Å². The normalized spacial score (nSPS) is 23.2. The number of carbonyl (C=O) groups is 1. The molecule has 0 bridgehead atoms. The number of hydrogen-bond acceptors (Lipinski definition) is 2. The Hall–Kier alpha value is -0.570. The van der Waals surface area contributed by atoms with Gasteiger partial charge in [-0.3, -0.25) is 4.79 Å². The van der Waals surface area contributed by atoms with Crippen molar-refractivity contribution in [2.45, 2.75) is 64.8 Å². The van der Waals surface area contributed by atoms with Crippen LogP contribution in [0, 0.1) is 5.92 Å². The van der Waals surface area contributed by atoms with Gasteiger partial charge in [-0.15, -0.1) is 0 Å². The minimum absolute atomic E-state index is 0.138. The number of rotatable bonds is 5. The van der Waals surface area contributed by atoms with E-state index in [9.17, 15) is 4.79 Å².